The number of hydrogen-bond donors (Lipinski definition) is 0. The molecule has 1 fully saturated rings. The van der Waals surface area contributed by atoms with E-state index >= 15 is 0 Å². The highest BCUT2D eigenvalue weighted by Gasteiger charge is 2.39. The lowest BCUT2D eigenvalue weighted by atomic mass is 9.97. The van der Waals surface area contributed by atoms with Gasteiger partial charge in [0.1, 0.15) is 12.2 Å². The summed E-state index contributed by atoms with van der Waals surface area (Å²) in [5, 5.41) is 0. The van der Waals surface area contributed by atoms with E-state index in [9.17, 15) is 9.59 Å². The number of Topliss-reactive ketones (excluding diaryl/α,β-unsaturated/α-hetero) is 1. The van der Waals surface area contributed by atoms with Gasteiger partial charge >= 0.3 is 5.97 Å². The van der Waals surface area contributed by atoms with Crippen molar-refractivity contribution in [3.8, 4) is 0 Å². The third-order valence-electron chi connectivity index (χ3n) is 2.75. The molecule has 1 aliphatic rings. The van der Waals surface area contributed by atoms with Gasteiger partial charge in [-0.1, -0.05) is 0 Å². The van der Waals surface area contributed by atoms with E-state index in [1.165, 1.54) is 14.0 Å². The second-order valence-corrected chi connectivity index (χ2v) is 3.62. The van der Waals surface area contributed by atoms with E-state index < -0.39 is 11.6 Å². The monoisotopic (exact) mass is 200 g/mol. The zero-order valence-corrected chi connectivity index (χ0v) is 8.67. The average molecular weight is 200 g/mol. The van der Waals surface area contributed by atoms with Crippen LogP contribution in [0.2, 0.25) is 0 Å². The molecule has 0 aromatic rings. The molecule has 0 bridgehead atoms. The maximum Gasteiger partial charge on any atom is 0.331 e. The Morgan fingerprint density at radius 2 is 1.86 bits per heavy atom. The number of carbonyl (C=O) groups excluding carboxylic acids is 2. The SMILES string of the molecule is COC(=O)COC1(C(C)=O)CCCC1. The van der Waals surface area contributed by atoms with Crippen LogP contribution >= 0.6 is 0 Å². The Bertz CT molecular complexity index is 228. The van der Waals surface area contributed by atoms with Gasteiger partial charge in [-0.2, -0.15) is 0 Å². The van der Waals surface area contributed by atoms with Crippen molar-refractivity contribution in [1.29, 1.82) is 0 Å². The standard InChI is InChI=1S/C10H16O4/c1-8(11)10(5-3-4-6-10)14-7-9(12)13-2/h3-7H2,1-2H3. The summed E-state index contributed by atoms with van der Waals surface area (Å²) < 4.78 is 9.84. The minimum absolute atomic E-state index is 0.0129. The first-order valence-corrected chi connectivity index (χ1v) is 4.82. The molecule has 0 atom stereocenters. The third kappa shape index (κ3) is 2.32. The highest BCUT2D eigenvalue weighted by molar-refractivity contribution is 5.85. The summed E-state index contributed by atoms with van der Waals surface area (Å²) >= 11 is 0. The minimum Gasteiger partial charge on any atom is -0.467 e. The summed E-state index contributed by atoms with van der Waals surface area (Å²) in [6.45, 7) is 1.39. The zero-order chi connectivity index (χ0) is 10.6. The molecule has 0 radical (unpaired) electrons. The lowest BCUT2D eigenvalue weighted by molar-refractivity contribution is -0.158. The number of esters is 1. The van der Waals surface area contributed by atoms with Crippen molar-refractivity contribution in [3.63, 3.8) is 0 Å². The maximum atomic E-state index is 11.4. The lowest BCUT2D eigenvalue weighted by Crippen LogP contribution is -2.38. The second-order valence-electron chi connectivity index (χ2n) is 3.62. The van der Waals surface area contributed by atoms with E-state index in [1.54, 1.807) is 0 Å². The zero-order valence-electron chi connectivity index (χ0n) is 8.67. The Labute approximate surface area is 83.6 Å². The van der Waals surface area contributed by atoms with Crippen LogP contribution in [0.5, 0.6) is 0 Å². The van der Waals surface area contributed by atoms with Crippen molar-refractivity contribution in [2.75, 3.05) is 13.7 Å². The predicted octanol–water partition coefficient (Wildman–Crippen LogP) is 1.08. The lowest BCUT2D eigenvalue weighted by Gasteiger charge is -2.25. The molecule has 0 amide bonds. The van der Waals surface area contributed by atoms with Gasteiger partial charge in [0, 0.05) is 0 Å². The van der Waals surface area contributed by atoms with Crippen LogP contribution in [0.1, 0.15) is 32.6 Å². The largest absolute Gasteiger partial charge is 0.467 e. The highest BCUT2D eigenvalue weighted by Crippen LogP contribution is 2.33. The van der Waals surface area contributed by atoms with E-state index in [2.05, 4.69) is 4.74 Å². The van der Waals surface area contributed by atoms with Crippen molar-refractivity contribution < 1.29 is 19.1 Å². The number of ether oxygens (including phenoxy) is 2. The first-order valence-electron chi connectivity index (χ1n) is 4.82. The van der Waals surface area contributed by atoms with Gasteiger partial charge in [-0.3, -0.25) is 4.79 Å². The fraction of sp³-hybridized carbons (Fsp3) is 0.800. The predicted molar refractivity (Wildman–Crippen MR) is 49.8 cm³/mol. The number of carbonyl (C=O) groups is 2. The fourth-order valence-corrected chi connectivity index (χ4v) is 1.80. The van der Waals surface area contributed by atoms with Gasteiger partial charge in [0.15, 0.2) is 5.78 Å². The summed E-state index contributed by atoms with van der Waals surface area (Å²) in [6.07, 6.45) is 3.42. The van der Waals surface area contributed by atoms with Gasteiger partial charge in [-0.25, -0.2) is 4.79 Å². The molecule has 0 heterocycles. The van der Waals surface area contributed by atoms with Crippen LogP contribution in [0.25, 0.3) is 0 Å². The molecular formula is C10H16O4. The molecule has 1 rings (SSSR count). The summed E-state index contributed by atoms with van der Waals surface area (Å²) in [5.74, 6) is -0.420. The van der Waals surface area contributed by atoms with Crippen LogP contribution in [0, 0.1) is 0 Å². The molecule has 0 aromatic heterocycles. The van der Waals surface area contributed by atoms with Crippen LogP contribution in [-0.4, -0.2) is 31.1 Å². The van der Waals surface area contributed by atoms with Crippen LogP contribution < -0.4 is 0 Å². The number of ketones is 1. The molecule has 0 aromatic carbocycles. The molecular weight excluding hydrogens is 184 g/mol. The normalized spacial score (nSPS) is 19.3. The topological polar surface area (TPSA) is 52.6 Å². The van der Waals surface area contributed by atoms with Crippen LogP contribution in [0.4, 0.5) is 0 Å². The summed E-state index contributed by atoms with van der Waals surface area (Å²) in [5.41, 5.74) is -0.714. The van der Waals surface area contributed by atoms with E-state index in [4.69, 9.17) is 4.74 Å². The highest BCUT2D eigenvalue weighted by atomic mass is 16.6. The van der Waals surface area contributed by atoms with Gasteiger partial charge in [-0.15, -0.1) is 0 Å². The Morgan fingerprint density at radius 3 is 2.29 bits per heavy atom. The Balaban J connectivity index is 2.52. The van der Waals surface area contributed by atoms with Crippen molar-refractivity contribution in [3.05, 3.63) is 0 Å². The van der Waals surface area contributed by atoms with E-state index in [1.807, 2.05) is 0 Å². The van der Waals surface area contributed by atoms with Gasteiger partial charge < -0.3 is 9.47 Å². The van der Waals surface area contributed by atoms with E-state index in [-0.39, 0.29) is 12.4 Å². The van der Waals surface area contributed by atoms with Crippen molar-refractivity contribution in [1.82, 2.24) is 0 Å². The van der Waals surface area contributed by atoms with Gasteiger partial charge in [0.2, 0.25) is 0 Å². The van der Waals surface area contributed by atoms with Crippen molar-refractivity contribution in [2.24, 2.45) is 0 Å². The third-order valence-corrected chi connectivity index (χ3v) is 2.75. The molecule has 1 saturated carbocycles. The van der Waals surface area contributed by atoms with Crippen LogP contribution in [0.15, 0.2) is 0 Å². The Kier molecular flexibility index (Phi) is 3.63. The second kappa shape index (κ2) is 4.55. The summed E-state index contributed by atoms with van der Waals surface area (Å²) in [7, 11) is 1.31. The van der Waals surface area contributed by atoms with Crippen LogP contribution in [0.3, 0.4) is 0 Å². The van der Waals surface area contributed by atoms with E-state index in [0.29, 0.717) is 0 Å². The molecule has 0 N–H and O–H groups in total. The maximum absolute atomic E-state index is 11.4. The molecule has 4 heteroatoms. The number of hydrogen-bond acceptors (Lipinski definition) is 4. The molecule has 0 spiro atoms. The quantitative estimate of drug-likeness (QED) is 0.637. The summed E-state index contributed by atoms with van der Waals surface area (Å²) in [6, 6.07) is 0. The first-order chi connectivity index (χ1) is 6.60. The van der Waals surface area contributed by atoms with Gasteiger partial charge in [-0.05, 0) is 32.6 Å². The fourth-order valence-electron chi connectivity index (χ4n) is 1.80. The molecule has 0 aliphatic heterocycles. The van der Waals surface area contributed by atoms with Crippen molar-refractivity contribution in [2.45, 2.75) is 38.2 Å². The van der Waals surface area contributed by atoms with Gasteiger partial charge in [0.05, 0.1) is 7.11 Å². The average Bonchev–Trinajstić information content (AvgIpc) is 2.64. The Morgan fingerprint density at radius 1 is 1.29 bits per heavy atom. The molecule has 1 aliphatic carbocycles. The number of rotatable bonds is 4. The Hall–Kier alpha value is -0.900. The van der Waals surface area contributed by atoms with Gasteiger partial charge in [0.25, 0.3) is 0 Å². The smallest absolute Gasteiger partial charge is 0.331 e. The van der Waals surface area contributed by atoms with E-state index in [0.717, 1.165) is 25.7 Å². The summed E-state index contributed by atoms with van der Waals surface area (Å²) in [4.78, 5) is 22.3. The molecule has 80 valence electrons. The van der Waals surface area contributed by atoms with Crippen LogP contribution in [-0.2, 0) is 19.1 Å². The first kappa shape index (κ1) is 11.2. The molecule has 14 heavy (non-hydrogen) atoms. The van der Waals surface area contributed by atoms with Crippen molar-refractivity contribution >= 4 is 11.8 Å². The molecule has 0 saturated heterocycles. The minimum atomic E-state index is -0.714. The number of methoxy groups -OCH3 is 1. The molecule has 0 unspecified atom stereocenters. The molecule has 4 nitrogen and oxygen atoms in total.